The van der Waals surface area contributed by atoms with Gasteiger partial charge in [0.25, 0.3) is 0 Å². The second kappa shape index (κ2) is 29.5. The molecule has 8 saturated carbocycles. The van der Waals surface area contributed by atoms with Crippen LogP contribution in [-0.2, 0) is 38.7 Å². The van der Waals surface area contributed by atoms with Gasteiger partial charge in [0.2, 0.25) is 0 Å². The van der Waals surface area contributed by atoms with Gasteiger partial charge in [0.05, 0.1) is 43.7 Å². The number of rotatable bonds is 13. The molecule has 14 heteroatoms. The number of aldehydes is 1. The van der Waals surface area contributed by atoms with Gasteiger partial charge in [-0.3, -0.25) is 0 Å². The van der Waals surface area contributed by atoms with E-state index in [2.05, 4.69) is 67.3 Å². The zero-order valence-corrected chi connectivity index (χ0v) is 56.4. The fourth-order valence-corrected chi connectivity index (χ4v) is 20.9. The van der Waals surface area contributed by atoms with E-state index in [9.17, 15) is 19.5 Å². The van der Waals surface area contributed by atoms with Gasteiger partial charge in [0.15, 0.2) is 11.6 Å². The molecule has 2 aromatic carbocycles. The number of aliphatic hydroxyl groups excluding tert-OH is 1. The number of carbonyl (C=O) groups is 3. The Bertz CT molecular complexity index is 3020. The first-order valence-corrected chi connectivity index (χ1v) is 36.2. The predicted molar refractivity (Wildman–Crippen MR) is 353 cm³/mol. The fraction of sp³-hybridized carbons (Fsp3) is 0.792. The number of fused-ring (bicyclic) bond motifs is 10. The normalized spacial score (nSPS) is 41.8. The summed E-state index contributed by atoms with van der Waals surface area (Å²) in [6.45, 7) is 4.99. The largest absolute Gasteiger partial charge is 2.00 e. The topological polar surface area (TPSA) is 155 Å². The van der Waals surface area contributed by atoms with E-state index in [0.717, 1.165) is 89.8 Å². The third-order valence-electron chi connectivity index (χ3n) is 25.0. The van der Waals surface area contributed by atoms with Crippen molar-refractivity contribution in [3.05, 3.63) is 71.8 Å². The number of aliphatic hydroxyl groups is 1. The van der Waals surface area contributed by atoms with Gasteiger partial charge in [-0.2, -0.15) is 0 Å². The van der Waals surface area contributed by atoms with E-state index < -0.39 is 55.8 Å². The highest BCUT2D eigenvalue weighted by molar-refractivity contribution is 14.2. The number of ether oxygens (including phenoxy) is 6. The molecule has 2 spiro atoms. The summed E-state index contributed by atoms with van der Waals surface area (Å²) in [6, 6.07) is 18.7. The summed E-state index contributed by atoms with van der Waals surface area (Å²) in [5.41, 5.74) is 1.70. The summed E-state index contributed by atoms with van der Waals surface area (Å²) in [6.07, 6.45) is 17.3. The molecular formula is C72H108BrIO11S-2. The lowest BCUT2D eigenvalue weighted by Gasteiger charge is -2.63. The lowest BCUT2D eigenvalue weighted by molar-refractivity contribution is -0.243. The summed E-state index contributed by atoms with van der Waals surface area (Å²) in [7, 11) is 3.50. The summed E-state index contributed by atoms with van der Waals surface area (Å²) in [5, 5.41) is 10.9. The molecule has 86 heavy (non-hydrogen) atoms. The molecule has 2 aliphatic heterocycles. The summed E-state index contributed by atoms with van der Waals surface area (Å²) >= 11 is 4.21. The monoisotopic (exact) mass is 1400 g/mol. The van der Waals surface area contributed by atoms with Gasteiger partial charge in [0, 0.05) is 67.9 Å². The van der Waals surface area contributed by atoms with Crippen LogP contribution in [0.2, 0.25) is 0 Å². The van der Waals surface area contributed by atoms with Crippen molar-refractivity contribution in [1.29, 1.82) is 0 Å². The van der Waals surface area contributed by atoms with E-state index in [-0.39, 0.29) is 75.5 Å². The second-order valence-electron chi connectivity index (χ2n) is 28.7. The molecule has 0 radical (unpaired) electrons. The first-order chi connectivity index (χ1) is 46.2. The molecule has 12 rings (SSSR count). The third-order valence-corrected chi connectivity index (χ3v) is 25.0. The predicted octanol–water partition coefficient (Wildman–Crippen LogP) is 17.4. The van der Waals surface area contributed by atoms with Crippen molar-refractivity contribution in [2.24, 2.45) is 98.6 Å². The van der Waals surface area contributed by atoms with Crippen LogP contribution in [0.3, 0.4) is 0 Å². The van der Waals surface area contributed by atoms with Crippen LogP contribution in [0.15, 0.2) is 60.7 Å². The molecule has 0 amide bonds. The summed E-state index contributed by atoms with van der Waals surface area (Å²) in [4.78, 5) is 35.6. The highest BCUT2D eigenvalue weighted by Crippen LogP contribution is 2.72. The van der Waals surface area contributed by atoms with Crippen LogP contribution in [-0.4, -0.2) is 84.4 Å². The van der Waals surface area contributed by atoms with Crippen molar-refractivity contribution in [1.82, 2.24) is 0 Å². The highest BCUT2D eigenvalue weighted by Gasteiger charge is 2.68. The Morgan fingerprint density at radius 1 is 0.628 bits per heavy atom. The molecule has 1 N–H and O–H groups in total. The number of alkyl halides is 1. The zero-order chi connectivity index (χ0) is 73.0. The van der Waals surface area contributed by atoms with Crippen LogP contribution in [0.4, 0.5) is 0 Å². The first-order valence-electron chi connectivity index (χ1n) is 39.2. The smallest absolute Gasteiger partial charge is 0.338 e. The maximum absolute atomic E-state index is 13.6. The number of carbonyl (C=O) groups excluding carboxylic acids is 3. The van der Waals surface area contributed by atoms with Crippen LogP contribution >= 0.6 is 46.9 Å². The van der Waals surface area contributed by atoms with Gasteiger partial charge in [-0.05, 0) is 229 Å². The lowest BCUT2D eigenvalue weighted by Crippen LogP contribution is -2.60. The minimum absolute atomic E-state index is 0. The van der Waals surface area contributed by atoms with Crippen molar-refractivity contribution in [2.75, 3.05) is 26.4 Å². The van der Waals surface area contributed by atoms with Gasteiger partial charge < -0.3 is 43.8 Å². The number of benzene rings is 2. The second-order valence-corrected chi connectivity index (χ2v) is 29.5. The Balaban J connectivity index is 0.000000218. The van der Waals surface area contributed by atoms with Gasteiger partial charge in [0.1, 0.15) is 18.5 Å². The molecule has 2 aromatic rings. The molecule has 2 heterocycles. The average molecular weight is 1400 g/mol. The number of thiol groups is 1. The molecule has 8 aliphatic carbocycles. The first kappa shape index (κ1) is 52.8. The van der Waals surface area contributed by atoms with E-state index in [1.807, 2.05) is 69.7 Å². The Labute approximate surface area is 563 Å². The van der Waals surface area contributed by atoms with Crippen LogP contribution in [0.1, 0.15) is 237 Å². The number of hydrogen-bond acceptors (Lipinski definition) is 11. The summed E-state index contributed by atoms with van der Waals surface area (Å²) < 4.78 is 140. The molecule has 10 aliphatic rings. The molecule has 0 aromatic heterocycles. The van der Waals surface area contributed by atoms with Crippen molar-refractivity contribution in [2.45, 2.75) is 232 Å². The van der Waals surface area contributed by atoms with E-state index in [4.69, 9.17) is 47.6 Å². The fourth-order valence-electron chi connectivity index (χ4n) is 20.9. The number of hydrogen-bond donors (Lipinski definition) is 2. The Morgan fingerprint density at radius 2 is 1.03 bits per heavy atom. The highest BCUT2D eigenvalue weighted by atomic mass is 127. The molecule has 2 saturated heterocycles. The van der Waals surface area contributed by atoms with Gasteiger partial charge in [-0.15, -0.1) is 9.80 Å². The molecule has 0 bridgehead atoms. The molecule has 19 atom stereocenters. The van der Waals surface area contributed by atoms with Crippen LogP contribution < -0.4 is 0 Å². The molecule has 10 fully saturated rings. The van der Waals surface area contributed by atoms with Gasteiger partial charge in [-0.1, -0.05) is 121 Å². The van der Waals surface area contributed by atoms with Crippen molar-refractivity contribution >= 4 is 65.2 Å². The van der Waals surface area contributed by atoms with E-state index in [0.29, 0.717) is 104 Å². The maximum Gasteiger partial charge on any atom is 0.338 e. The average Bonchev–Trinajstić information content (AvgIpc) is 1.29. The van der Waals surface area contributed by atoms with Crippen molar-refractivity contribution < 1.29 is 72.6 Å². The van der Waals surface area contributed by atoms with Crippen LogP contribution in [0.25, 0.3) is 0 Å². The van der Waals surface area contributed by atoms with E-state index in [1.165, 1.54) is 25.7 Å². The van der Waals surface area contributed by atoms with E-state index in [1.54, 1.807) is 12.1 Å². The maximum atomic E-state index is 13.6. The Hall–Kier alpha value is -1.63. The van der Waals surface area contributed by atoms with Crippen LogP contribution in [0.5, 0.6) is 0 Å². The van der Waals surface area contributed by atoms with Crippen LogP contribution in [0, 0.1) is 98.6 Å². The Morgan fingerprint density at radius 3 is 1.42 bits per heavy atom. The molecule has 7 unspecified atom stereocenters. The quantitative estimate of drug-likeness (QED) is 0.0651. The van der Waals surface area contributed by atoms with Crippen molar-refractivity contribution in [3.8, 4) is 0 Å². The standard InChI is InChI=1S/C36H54O5.C33H46O5.C3H7Br.HIS.O/c1-23(2)30(37)14-11-24(3)27-12-13-28-32-29(15-16-35(27,28)5)34(4)17-18-36(39-19-20-40-36)22-26(34)21-31(32)41-33(38)25-9-7-6-8-10-25;1-22(8-7-17-34)25-11-12-26-29-27(13-14-32(25,26)3)31(2)15-16-33(36-18-19-37-33)21-24(31)20-28(29)38-30(35)23-9-5-4-6-10-23;1-3(2)4;1-2;/h6-10,23-24,26-32,37H,11-22H2,1-5H3;4-6,9-10,17,22,24-29H,7-8,11-16,18-21H2,1-3H3;3H,1-2H3;2H;/q;;;;-2/t24-,26+,27-,28?,29?,30?,31-,32?,34+,35-;22-,24+,25-,26?,27?,28-,29?,31+,32-;;;/m11.../s1/i1D3,2D3,23D;;1D3,2D3,3D;;. The minimum atomic E-state index is -3.15. The van der Waals surface area contributed by atoms with Crippen molar-refractivity contribution in [3.63, 3.8) is 0 Å². The Kier molecular flexibility index (Phi) is 18.1. The summed E-state index contributed by atoms with van der Waals surface area (Å²) in [5.74, 6) is 0.351. The molecule has 11 nitrogen and oxygen atoms in total. The van der Waals surface area contributed by atoms with Gasteiger partial charge >= 0.3 is 11.9 Å². The SMILES string of the molecule is C[C@H](CCC=O)[C@H]1CCC2C3C(CC[C@@]21C)[C@@]1(C)CCC2(C[C@@H]1C[C@H]3OC(=O)c1ccccc1)OCCO2.SI.[2H]C([2H])([2H])C([2H])(Br)C([2H])([2H])[2H].[2H]C([2H])([2H])C([2H])(C(O)CC[C@@H](C)[C@H]1CCC2C3C(CC[C@@]21C)[C@@]1(C)CCC2(C[C@@H]1C[C@H]3OC(=O)c1ccccc1)OCCO2)C([2H])([2H])[2H].[O-2]. The number of esters is 2. The number of halogens is 2. The molecule has 484 valence electrons. The van der Waals surface area contributed by atoms with E-state index >= 15 is 0 Å². The zero-order valence-electron chi connectivity index (χ0n) is 65.7. The minimum Gasteiger partial charge on any atom is -2.00 e. The van der Waals surface area contributed by atoms with Gasteiger partial charge in [-0.25, -0.2) is 9.59 Å². The molecular weight excluding hydrogens is 1280 g/mol. The third kappa shape index (κ3) is 14.3. The lowest BCUT2D eigenvalue weighted by atomic mass is 9.43.